The molecule has 0 radical (unpaired) electrons. The molecule has 6 heteroatoms. The molecule has 1 aromatic rings. The van der Waals surface area contributed by atoms with Crippen molar-refractivity contribution in [3.63, 3.8) is 0 Å². The second-order valence-electron chi connectivity index (χ2n) is 2.62. The quantitative estimate of drug-likeness (QED) is 0.833. The Morgan fingerprint density at radius 1 is 1.64 bits per heavy atom. The van der Waals surface area contributed by atoms with E-state index >= 15 is 0 Å². The number of aromatic nitrogens is 1. The molecule has 14 heavy (non-hydrogen) atoms. The molecule has 0 saturated carbocycles. The number of rotatable bonds is 4. The molecule has 1 heterocycles. The summed E-state index contributed by atoms with van der Waals surface area (Å²) in [7, 11) is 1.81. The van der Waals surface area contributed by atoms with Crippen molar-refractivity contribution in [2.75, 3.05) is 13.2 Å². The van der Waals surface area contributed by atoms with Gasteiger partial charge < -0.3 is 4.52 Å². The zero-order valence-electron chi connectivity index (χ0n) is 8.03. The van der Waals surface area contributed by atoms with E-state index in [9.17, 15) is 0 Å². The van der Waals surface area contributed by atoms with Gasteiger partial charge in [-0.15, -0.1) is 0 Å². The van der Waals surface area contributed by atoms with Crippen LogP contribution in [0.2, 0.25) is 5.02 Å². The highest BCUT2D eigenvalue weighted by atomic mass is 35.5. The minimum absolute atomic E-state index is 0.522. The Hall–Kier alpha value is -0.150. The van der Waals surface area contributed by atoms with Gasteiger partial charge in [0.15, 0.2) is 6.42 Å². The maximum Gasteiger partial charge on any atom is 0.218 e. The number of nitrogens with one attached hydrogen (secondary N) is 1. The van der Waals surface area contributed by atoms with Crippen LogP contribution in [0.15, 0.2) is 18.3 Å². The Morgan fingerprint density at radius 3 is 2.79 bits per heavy atom. The lowest BCUT2D eigenvalue weighted by atomic mass is 10.5. The molecular formula is C8H12ClN2OPS. The second kappa shape index (κ2) is 5.08. The van der Waals surface area contributed by atoms with E-state index in [4.69, 9.17) is 27.9 Å². The van der Waals surface area contributed by atoms with Crippen LogP contribution in [0.25, 0.3) is 0 Å². The van der Waals surface area contributed by atoms with Crippen LogP contribution in [-0.4, -0.2) is 18.2 Å². The largest absolute Gasteiger partial charge is 0.436 e. The van der Waals surface area contributed by atoms with Crippen molar-refractivity contribution in [2.45, 2.75) is 6.92 Å². The summed E-state index contributed by atoms with van der Waals surface area (Å²) in [5.74, 6) is 0.522. The van der Waals surface area contributed by atoms with Gasteiger partial charge in [0, 0.05) is 18.4 Å². The Kier molecular flexibility index (Phi) is 4.32. The van der Waals surface area contributed by atoms with Gasteiger partial charge in [-0.05, 0) is 24.9 Å². The number of hydrogen-bond acceptors (Lipinski definition) is 3. The molecular weight excluding hydrogens is 239 g/mol. The van der Waals surface area contributed by atoms with Gasteiger partial charge in [0.05, 0.1) is 5.02 Å². The lowest BCUT2D eigenvalue weighted by Crippen LogP contribution is -2.10. The molecule has 78 valence electrons. The minimum Gasteiger partial charge on any atom is -0.436 e. The van der Waals surface area contributed by atoms with Gasteiger partial charge in [0.2, 0.25) is 5.88 Å². The Morgan fingerprint density at radius 2 is 2.36 bits per heavy atom. The van der Waals surface area contributed by atoms with E-state index in [1.165, 1.54) is 0 Å². The fourth-order valence-electron chi connectivity index (χ4n) is 0.836. The van der Waals surface area contributed by atoms with Crippen LogP contribution in [-0.2, 0) is 11.8 Å². The molecule has 0 aromatic carbocycles. The first-order valence-electron chi connectivity index (χ1n) is 4.19. The van der Waals surface area contributed by atoms with Crippen molar-refractivity contribution in [1.29, 1.82) is 0 Å². The number of pyridine rings is 1. The van der Waals surface area contributed by atoms with E-state index in [0.717, 1.165) is 6.16 Å². The van der Waals surface area contributed by atoms with Gasteiger partial charge in [0.25, 0.3) is 0 Å². The maximum absolute atomic E-state index is 5.70. The lowest BCUT2D eigenvalue weighted by Gasteiger charge is -2.19. The third-order valence-electron chi connectivity index (χ3n) is 1.70. The average molecular weight is 251 g/mol. The summed E-state index contributed by atoms with van der Waals surface area (Å²) in [5.41, 5.74) is 0. The standard InChI is InChI=1S/C8H12ClN2OPS/c1-3-13(14,10-2)12-8-5-4-7(9)6-11-8/h4-6H,3H2,1-2H3,(H,10,14). The molecule has 1 unspecified atom stereocenters. The first kappa shape index (κ1) is 11.9. The summed E-state index contributed by atoms with van der Waals surface area (Å²) < 4.78 is 5.60. The molecule has 1 rings (SSSR count). The third kappa shape index (κ3) is 3.21. The van der Waals surface area contributed by atoms with E-state index < -0.39 is 6.42 Å². The van der Waals surface area contributed by atoms with Gasteiger partial charge in [-0.25, -0.2) is 4.98 Å². The number of halogens is 1. The SMILES string of the molecule is CCP(=S)(NC)Oc1ccc(Cl)cn1. The van der Waals surface area contributed by atoms with Crippen molar-refractivity contribution in [3.8, 4) is 5.88 Å². The lowest BCUT2D eigenvalue weighted by molar-refractivity contribution is 0.576. The van der Waals surface area contributed by atoms with Gasteiger partial charge in [-0.2, -0.15) is 0 Å². The Balaban J connectivity index is 2.78. The molecule has 0 aliphatic carbocycles. The van der Waals surface area contributed by atoms with Crippen LogP contribution in [0.4, 0.5) is 0 Å². The Bertz CT molecular complexity index is 336. The molecule has 1 N–H and O–H groups in total. The summed E-state index contributed by atoms with van der Waals surface area (Å²) in [5, 5.41) is 3.61. The van der Waals surface area contributed by atoms with E-state index in [0.29, 0.717) is 10.9 Å². The zero-order chi connectivity index (χ0) is 10.6. The predicted molar refractivity (Wildman–Crippen MR) is 63.8 cm³/mol. The molecule has 3 nitrogen and oxygen atoms in total. The minimum atomic E-state index is -1.94. The van der Waals surface area contributed by atoms with Crippen molar-refractivity contribution >= 4 is 29.8 Å². The molecule has 0 amide bonds. The number of nitrogens with zero attached hydrogens (tertiary/aromatic N) is 1. The summed E-state index contributed by atoms with van der Waals surface area (Å²) in [6.07, 6.45) is 0.384. The highest BCUT2D eigenvalue weighted by molar-refractivity contribution is 8.11. The van der Waals surface area contributed by atoms with Gasteiger partial charge in [0.1, 0.15) is 0 Å². The van der Waals surface area contributed by atoms with Crippen LogP contribution in [0, 0.1) is 0 Å². The summed E-state index contributed by atoms with van der Waals surface area (Å²) in [4.78, 5) is 4.03. The topological polar surface area (TPSA) is 34.1 Å². The average Bonchev–Trinajstić information content (AvgIpc) is 2.21. The molecule has 0 saturated heterocycles. The van der Waals surface area contributed by atoms with E-state index in [2.05, 4.69) is 10.1 Å². The van der Waals surface area contributed by atoms with Crippen LogP contribution in [0.3, 0.4) is 0 Å². The molecule has 0 aliphatic rings. The molecule has 0 bridgehead atoms. The molecule has 0 fully saturated rings. The molecule has 0 aliphatic heterocycles. The summed E-state index contributed by atoms with van der Waals surface area (Å²) in [6, 6.07) is 3.45. The van der Waals surface area contributed by atoms with E-state index in [1.807, 2.05) is 6.92 Å². The van der Waals surface area contributed by atoms with Crippen molar-refractivity contribution in [2.24, 2.45) is 0 Å². The monoisotopic (exact) mass is 250 g/mol. The molecule has 1 atom stereocenters. The van der Waals surface area contributed by atoms with Crippen LogP contribution < -0.4 is 9.61 Å². The summed E-state index contributed by atoms with van der Waals surface area (Å²) in [6.45, 7) is 1.99. The van der Waals surface area contributed by atoms with E-state index in [-0.39, 0.29) is 0 Å². The first-order valence-corrected chi connectivity index (χ1v) is 7.47. The van der Waals surface area contributed by atoms with Crippen molar-refractivity contribution < 1.29 is 4.52 Å². The predicted octanol–water partition coefficient (Wildman–Crippen LogP) is 2.66. The van der Waals surface area contributed by atoms with Gasteiger partial charge in [-0.1, -0.05) is 18.5 Å². The van der Waals surface area contributed by atoms with Gasteiger partial charge in [-0.3, -0.25) is 5.09 Å². The smallest absolute Gasteiger partial charge is 0.218 e. The van der Waals surface area contributed by atoms with E-state index in [1.54, 1.807) is 25.4 Å². The normalized spacial score (nSPS) is 14.8. The molecule has 1 aromatic heterocycles. The maximum atomic E-state index is 5.70. The fraction of sp³-hybridized carbons (Fsp3) is 0.375. The zero-order valence-corrected chi connectivity index (χ0v) is 10.5. The van der Waals surface area contributed by atoms with Crippen LogP contribution in [0.1, 0.15) is 6.92 Å². The summed E-state index contributed by atoms with van der Waals surface area (Å²) >= 11 is 11.0. The fourth-order valence-corrected chi connectivity index (χ4v) is 2.12. The second-order valence-corrected chi connectivity index (χ2v) is 7.43. The molecule has 0 spiro atoms. The van der Waals surface area contributed by atoms with Crippen LogP contribution in [0.5, 0.6) is 5.88 Å². The Labute approximate surface area is 94.0 Å². The van der Waals surface area contributed by atoms with Gasteiger partial charge >= 0.3 is 0 Å². The van der Waals surface area contributed by atoms with Crippen molar-refractivity contribution in [1.82, 2.24) is 10.1 Å². The highest BCUT2D eigenvalue weighted by Crippen LogP contribution is 2.41. The highest BCUT2D eigenvalue weighted by Gasteiger charge is 2.14. The first-order chi connectivity index (χ1) is 6.59. The number of hydrogen-bond donors (Lipinski definition) is 1. The van der Waals surface area contributed by atoms with Crippen molar-refractivity contribution in [3.05, 3.63) is 23.4 Å². The van der Waals surface area contributed by atoms with Crippen LogP contribution >= 0.6 is 18.0 Å². The third-order valence-corrected chi connectivity index (χ3v) is 5.46.